The number of methoxy groups -OCH3 is 3. The van der Waals surface area contributed by atoms with E-state index in [1.807, 2.05) is 6.07 Å². The minimum absolute atomic E-state index is 0.0404. The Labute approximate surface area is 166 Å². The first kappa shape index (κ1) is 19.3. The lowest BCUT2D eigenvalue weighted by Crippen LogP contribution is -2.02. The molecule has 0 aliphatic carbocycles. The van der Waals surface area contributed by atoms with Gasteiger partial charge in [-0.05, 0) is 24.3 Å². The number of H-pyrrole nitrogens is 1. The zero-order valence-electron chi connectivity index (χ0n) is 15.5. The van der Waals surface area contributed by atoms with Gasteiger partial charge in [-0.3, -0.25) is 4.79 Å². The maximum atomic E-state index is 13.0. The number of hydrogen-bond donors (Lipinski definition) is 1. The molecule has 0 aliphatic heterocycles. The molecule has 142 valence electrons. The minimum atomic E-state index is -0.409. The van der Waals surface area contributed by atoms with Crippen LogP contribution in [0.3, 0.4) is 0 Å². The van der Waals surface area contributed by atoms with Crippen LogP contribution in [0.15, 0.2) is 42.1 Å². The third-order valence-electron chi connectivity index (χ3n) is 4.29. The second-order valence-corrected chi connectivity index (χ2v) is 6.28. The lowest BCUT2D eigenvalue weighted by Gasteiger charge is -2.12. The summed E-state index contributed by atoms with van der Waals surface area (Å²) >= 11 is 5.99. The van der Waals surface area contributed by atoms with Crippen LogP contribution in [-0.4, -0.2) is 32.1 Å². The first-order valence-electron chi connectivity index (χ1n) is 8.25. The molecule has 1 N–H and O–H groups in total. The van der Waals surface area contributed by atoms with E-state index in [0.717, 1.165) is 5.52 Å². The van der Waals surface area contributed by atoms with Crippen molar-refractivity contribution >= 4 is 34.4 Å². The van der Waals surface area contributed by atoms with Gasteiger partial charge in [0.2, 0.25) is 5.78 Å². The largest absolute Gasteiger partial charge is 0.496 e. The fraction of sp³-hybridized carbons (Fsp3) is 0.143. The lowest BCUT2D eigenvalue weighted by atomic mass is 10.0. The standard InChI is InChI=1S/C21H17ClN2O4/c1-26-18-9-20(28-3)19(27-2)7-12(18)6-13(10-23)21(25)16-11-24-17-8-14(22)4-5-15(16)17/h4-9,11,24H,1-3H3/b13-6+. The van der Waals surface area contributed by atoms with Crippen LogP contribution in [0.1, 0.15) is 15.9 Å². The lowest BCUT2D eigenvalue weighted by molar-refractivity contribution is 0.104. The zero-order chi connectivity index (χ0) is 20.3. The number of nitrogens with zero attached hydrogens (tertiary/aromatic N) is 1. The number of aromatic nitrogens is 1. The Morgan fingerprint density at radius 2 is 1.75 bits per heavy atom. The van der Waals surface area contributed by atoms with Gasteiger partial charge >= 0.3 is 0 Å². The van der Waals surface area contributed by atoms with Gasteiger partial charge in [0.05, 0.1) is 21.3 Å². The Morgan fingerprint density at radius 1 is 1.07 bits per heavy atom. The van der Waals surface area contributed by atoms with Crippen LogP contribution >= 0.6 is 11.6 Å². The Hall–Kier alpha value is -3.43. The van der Waals surface area contributed by atoms with Crippen molar-refractivity contribution in [1.82, 2.24) is 4.98 Å². The highest BCUT2D eigenvalue weighted by Gasteiger charge is 2.18. The summed E-state index contributed by atoms with van der Waals surface area (Å²) in [5.74, 6) is 0.979. The molecule has 0 aliphatic rings. The number of nitrogens with one attached hydrogen (secondary N) is 1. The van der Waals surface area contributed by atoms with E-state index in [0.29, 0.717) is 38.8 Å². The molecule has 1 heterocycles. The van der Waals surface area contributed by atoms with Gasteiger partial charge in [0.15, 0.2) is 11.5 Å². The van der Waals surface area contributed by atoms with E-state index in [-0.39, 0.29) is 5.57 Å². The number of ketones is 1. The van der Waals surface area contributed by atoms with E-state index in [1.54, 1.807) is 36.5 Å². The molecule has 0 saturated carbocycles. The number of benzene rings is 2. The zero-order valence-corrected chi connectivity index (χ0v) is 16.3. The number of carbonyl (C=O) groups is 1. The Morgan fingerprint density at radius 3 is 2.39 bits per heavy atom. The average Bonchev–Trinajstić information content (AvgIpc) is 3.13. The molecule has 3 aromatic rings. The summed E-state index contributed by atoms with van der Waals surface area (Å²) in [6, 6.07) is 10.4. The van der Waals surface area contributed by atoms with Crippen molar-refractivity contribution in [2.24, 2.45) is 0 Å². The van der Waals surface area contributed by atoms with Crippen molar-refractivity contribution < 1.29 is 19.0 Å². The number of ether oxygens (including phenoxy) is 3. The van der Waals surface area contributed by atoms with E-state index in [4.69, 9.17) is 25.8 Å². The van der Waals surface area contributed by atoms with Crippen molar-refractivity contribution in [3.8, 4) is 23.3 Å². The molecular formula is C21H17ClN2O4. The monoisotopic (exact) mass is 396 g/mol. The smallest absolute Gasteiger partial charge is 0.205 e. The maximum absolute atomic E-state index is 13.0. The summed E-state index contributed by atoms with van der Waals surface area (Å²) in [5.41, 5.74) is 1.59. The van der Waals surface area contributed by atoms with Gasteiger partial charge in [-0.25, -0.2) is 0 Å². The van der Waals surface area contributed by atoms with Gasteiger partial charge < -0.3 is 19.2 Å². The summed E-state index contributed by atoms with van der Waals surface area (Å²) in [7, 11) is 4.52. The molecule has 0 amide bonds. The SMILES string of the molecule is COc1cc(OC)c(OC)cc1/C=C(\C#N)C(=O)c1c[nH]c2cc(Cl)ccc12. The molecule has 0 fully saturated rings. The van der Waals surface area contributed by atoms with Crippen LogP contribution < -0.4 is 14.2 Å². The maximum Gasteiger partial charge on any atom is 0.205 e. The number of hydrogen-bond acceptors (Lipinski definition) is 5. The molecule has 0 unspecified atom stereocenters. The number of halogens is 1. The number of Topliss-reactive ketones (excluding diaryl/α,β-unsaturated/α-hetero) is 1. The molecule has 6 nitrogen and oxygen atoms in total. The third-order valence-corrected chi connectivity index (χ3v) is 4.52. The van der Waals surface area contributed by atoms with Gasteiger partial charge in [-0.2, -0.15) is 5.26 Å². The first-order chi connectivity index (χ1) is 13.5. The van der Waals surface area contributed by atoms with Crippen molar-refractivity contribution in [2.75, 3.05) is 21.3 Å². The molecule has 28 heavy (non-hydrogen) atoms. The highest BCUT2D eigenvalue weighted by Crippen LogP contribution is 2.36. The summed E-state index contributed by atoms with van der Waals surface area (Å²) in [5, 5.41) is 10.8. The van der Waals surface area contributed by atoms with Gasteiger partial charge in [-0.1, -0.05) is 17.7 Å². The molecule has 3 rings (SSSR count). The molecular weight excluding hydrogens is 380 g/mol. The fourth-order valence-electron chi connectivity index (χ4n) is 2.90. The minimum Gasteiger partial charge on any atom is -0.496 e. The molecule has 2 aromatic carbocycles. The summed E-state index contributed by atoms with van der Waals surface area (Å²) in [6.07, 6.45) is 3.04. The normalized spacial score (nSPS) is 11.2. The number of rotatable bonds is 6. The van der Waals surface area contributed by atoms with Crippen molar-refractivity contribution in [1.29, 1.82) is 5.26 Å². The second-order valence-electron chi connectivity index (χ2n) is 5.84. The first-order valence-corrected chi connectivity index (χ1v) is 8.63. The Bertz CT molecular complexity index is 1130. The quantitative estimate of drug-likeness (QED) is 0.373. The topological polar surface area (TPSA) is 84.3 Å². The van der Waals surface area contributed by atoms with Crippen molar-refractivity contribution in [3.63, 3.8) is 0 Å². The highest BCUT2D eigenvalue weighted by molar-refractivity contribution is 6.31. The van der Waals surface area contributed by atoms with Crippen molar-refractivity contribution in [2.45, 2.75) is 0 Å². The summed E-state index contributed by atoms with van der Waals surface area (Å²) < 4.78 is 15.9. The Kier molecular flexibility index (Phi) is 5.57. The molecule has 0 atom stereocenters. The fourth-order valence-corrected chi connectivity index (χ4v) is 3.07. The number of nitriles is 1. The molecule has 1 aromatic heterocycles. The van der Waals surface area contributed by atoms with Crippen molar-refractivity contribution in [3.05, 3.63) is 58.3 Å². The van der Waals surface area contributed by atoms with Crippen LogP contribution in [0.4, 0.5) is 0 Å². The van der Waals surface area contributed by atoms with Crippen LogP contribution in [0.2, 0.25) is 5.02 Å². The molecule has 0 spiro atoms. The molecule has 0 bridgehead atoms. The second kappa shape index (κ2) is 8.07. The van der Waals surface area contributed by atoms with Crippen LogP contribution in [0.25, 0.3) is 17.0 Å². The average molecular weight is 397 g/mol. The number of carbonyl (C=O) groups excluding carboxylic acids is 1. The molecule has 7 heteroatoms. The predicted octanol–water partition coefficient (Wildman–Crippen LogP) is 4.64. The van der Waals surface area contributed by atoms with Crippen LogP contribution in [0, 0.1) is 11.3 Å². The summed E-state index contributed by atoms with van der Waals surface area (Å²) in [4.78, 5) is 16.0. The van der Waals surface area contributed by atoms with Gasteiger partial charge in [0, 0.05) is 39.3 Å². The van der Waals surface area contributed by atoms with Crippen LogP contribution in [0.5, 0.6) is 17.2 Å². The molecule has 0 radical (unpaired) electrons. The third kappa shape index (κ3) is 3.53. The van der Waals surface area contributed by atoms with E-state index >= 15 is 0 Å². The van der Waals surface area contributed by atoms with Gasteiger partial charge in [-0.15, -0.1) is 0 Å². The van der Waals surface area contributed by atoms with E-state index in [9.17, 15) is 10.1 Å². The van der Waals surface area contributed by atoms with Gasteiger partial charge in [0.25, 0.3) is 0 Å². The summed E-state index contributed by atoms with van der Waals surface area (Å²) in [6.45, 7) is 0. The van der Waals surface area contributed by atoms with Gasteiger partial charge in [0.1, 0.15) is 17.4 Å². The Balaban J connectivity index is 2.09. The number of allylic oxidation sites excluding steroid dienone is 1. The molecule has 0 saturated heterocycles. The predicted molar refractivity (Wildman–Crippen MR) is 107 cm³/mol. The van der Waals surface area contributed by atoms with E-state index in [1.165, 1.54) is 27.4 Å². The number of fused-ring (bicyclic) bond motifs is 1. The highest BCUT2D eigenvalue weighted by atomic mass is 35.5. The van der Waals surface area contributed by atoms with E-state index in [2.05, 4.69) is 4.98 Å². The van der Waals surface area contributed by atoms with Crippen LogP contribution in [-0.2, 0) is 0 Å². The van der Waals surface area contributed by atoms with E-state index < -0.39 is 5.78 Å². The number of aromatic amines is 1.